The van der Waals surface area contributed by atoms with Gasteiger partial charge >= 0.3 is 11.9 Å². The molecule has 2 aromatic heterocycles. The van der Waals surface area contributed by atoms with Crippen LogP contribution in [0, 0.1) is 13.8 Å². The number of esters is 2. The monoisotopic (exact) mass is 335 g/mol. The summed E-state index contributed by atoms with van der Waals surface area (Å²) >= 11 is 6.23. The number of carbonyl (C=O) groups excluding carboxylic acids is 2. The van der Waals surface area contributed by atoms with Crippen LogP contribution in [0.25, 0.3) is 10.7 Å². The lowest BCUT2D eigenvalue weighted by molar-refractivity contribution is -0.222. The van der Waals surface area contributed by atoms with Crippen molar-refractivity contribution in [3.8, 4) is 0 Å². The third kappa shape index (κ3) is 2.68. The zero-order chi connectivity index (χ0) is 16.9. The van der Waals surface area contributed by atoms with Crippen molar-refractivity contribution in [1.82, 2.24) is 14.6 Å². The highest BCUT2D eigenvalue weighted by molar-refractivity contribution is 6.53. The van der Waals surface area contributed by atoms with E-state index < -0.39 is 17.7 Å². The van der Waals surface area contributed by atoms with E-state index in [1.54, 1.807) is 16.8 Å². The molecule has 1 saturated heterocycles. The number of imidazole rings is 1. The Morgan fingerprint density at radius 3 is 2.43 bits per heavy atom. The second-order valence-corrected chi connectivity index (χ2v) is 6.11. The van der Waals surface area contributed by atoms with Crippen molar-refractivity contribution in [2.75, 3.05) is 0 Å². The van der Waals surface area contributed by atoms with E-state index in [0.717, 1.165) is 11.3 Å². The van der Waals surface area contributed by atoms with Gasteiger partial charge in [-0.1, -0.05) is 11.6 Å². The van der Waals surface area contributed by atoms with Gasteiger partial charge in [0.25, 0.3) is 5.79 Å². The number of halogens is 1. The third-order valence-electron chi connectivity index (χ3n) is 3.26. The first kappa shape index (κ1) is 15.5. The average Bonchev–Trinajstić information content (AvgIpc) is 2.77. The van der Waals surface area contributed by atoms with Crippen molar-refractivity contribution in [3.63, 3.8) is 0 Å². The predicted octanol–water partition coefficient (Wildman–Crippen LogP) is 2.13. The van der Waals surface area contributed by atoms with E-state index in [-0.39, 0.29) is 16.3 Å². The fourth-order valence-electron chi connectivity index (χ4n) is 2.31. The zero-order valence-electron chi connectivity index (χ0n) is 13.0. The lowest BCUT2D eigenvalue weighted by Gasteiger charge is -2.30. The summed E-state index contributed by atoms with van der Waals surface area (Å²) in [6.45, 7) is 6.61. The Hall–Kier alpha value is -2.41. The van der Waals surface area contributed by atoms with Crippen LogP contribution in [0.15, 0.2) is 17.8 Å². The minimum Gasteiger partial charge on any atom is -0.419 e. The molecule has 0 aliphatic carbocycles. The minimum absolute atomic E-state index is 0.119. The molecule has 1 aliphatic rings. The van der Waals surface area contributed by atoms with Crippen molar-refractivity contribution in [3.05, 3.63) is 34.8 Å². The number of fused-ring (bicyclic) bond motifs is 1. The quantitative estimate of drug-likeness (QED) is 0.451. The zero-order valence-corrected chi connectivity index (χ0v) is 13.8. The van der Waals surface area contributed by atoms with Gasteiger partial charge in [0.15, 0.2) is 11.2 Å². The van der Waals surface area contributed by atoms with E-state index in [0.29, 0.717) is 5.65 Å². The molecule has 3 heterocycles. The van der Waals surface area contributed by atoms with Crippen LogP contribution in [0.4, 0.5) is 0 Å². The molecule has 1 fully saturated rings. The molecule has 8 heteroatoms. The van der Waals surface area contributed by atoms with Crippen LogP contribution in [-0.2, 0) is 19.1 Å². The van der Waals surface area contributed by atoms with Gasteiger partial charge in [0.05, 0.1) is 16.9 Å². The van der Waals surface area contributed by atoms with Crippen LogP contribution in [0.3, 0.4) is 0 Å². The van der Waals surface area contributed by atoms with Gasteiger partial charge in [-0.05, 0) is 25.5 Å². The number of hydrogen-bond donors (Lipinski definition) is 0. The highest BCUT2D eigenvalue weighted by atomic mass is 35.5. The molecule has 23 heavy (non-hydrogen) atoms. The molecule has 7 nitrogen and oxygen atoms in total. The smallest absolute Gasteiger partial charge is 0.350 e. The fraction of sp³-hybridized carbons (Fsp3) is 0.333. The summed E-state index contributed by atoms with van der Waals surface area (Å²) in [5.41, 5.74) is 2.17. The number of aromatic nitrogens is 3. The summed E-state index contributed by atoms with van der Waals surface area (Å²) in [7, 11) is 0. The van der Waals surface area contributed by atoms with E-state index >= 15 is 0 Å². The Labute approximate surface area is 136 Å². The highest BCUT2D eigenvalue weighted by Gasteiger charge is 2.41. The van der Waals surface area contributed by atoms with Crippen LogP contribution in [-0.4, -0.2) is 32.3 Å². The molecule has 0 aromatic carbocycles. The number of hydrogen-bond acceptors (Lipinski definition) is 6. The summed E-state index contributed by atoms with van der Waals surface area (Å²) in [5, 5.41) is 4.17. The van der Waals surface area contributed by atoms with E-state index in [4.69, 9.17) is 21.1 Å². The molecular formula is C15H14ClN3O4. The first-order valence-electron chi connectivity index (χ1n) is 6.88. The second kappa shape index (κ2) is 5.06. The molecular weight excluding hydrogens is 322 g/mol. The molecule has 0 radical (unpaired) electrons. The van der Waals surface area contributed by atoms with Crippen molar-refractivity contribution >= 4 is 34.2 Å². The van der Waals surface area contributed by atoms with E-state index in [1.165, 1.54) is 13.8 Å². The maximum atomic E-state index is 12.1. The maximum absolute atomic E-state index is 12.1. The Bertz CT molecular complexity index is 860. The largest absolute Gasteiger partial charge is 0.419 e. The summed E-state index contributed by atoms with van der Waals surface area (Å²) in [5.74, 6) is -2.99. The van der Waals surface area contributed by atoms with Crippen molar-refractivity contribution in [1.29, 1.82) is 0 Å². The van der Waals surface area contributed by atoms with Crippen molar-refractivity contribution in [2.24, 2.45) is 0 Å². The summed E-state index contributed by atoms with van der Waals surface area (Å²) in [4.78, 5) is 28.5. The SMILES string of the molecule is Cc1cn2nc(C(Cl)=C3C(=O)OC(C)(C)OC3=O)cc(C)c2n1. The van der Waals surface area contributed by atoms with Gasteiger partial charge in [0, 0.05) is 13.8 Å². The van der Waals surface area contributed by atoms with Crippen molar-refractivity contribution < 1.29 is 19.1 Å². The van der Waals surface area contributed by atoms with Gasteiger partial charge in [-0.25, -0.2) is 19.1 Å². The second-order valence-electron chi connectivity index (χ2n) is 5.73. The van der Waals surface area contributed by atoms with Crippen molar-refractivity contribution in [2.45, 2.75) is 33.5 Å². The van der Waals surface area contributed by atoms with Gasteiger partial charge < -0.3 is 9.47 Å². The van der Waals surface area contributed by atoms with Gasteiger partial charge in [0.2, 0.25) is 0 Å². The molecule has 0 amide bonds. The number of cyclic esters (lactones) is 2. The Morgan fingerprint density at radius 1 is 1.22 bits per heavy atom. The number of rotatable bonds is 1. The summed E-state index contributed by atoms with van der Waals surface area (Å²) in [6, 6.07) is 1.65. The number of carbonyl (C=O) groups is 2. The molecule has 0 atom stereocenters. The highest BCUT2D eigenvalue weighted by Crippen LogP contribution is 2.30. The Balaban J connectivity index is 2.14. The molecule has 1 aliphatic heterocycles. The lowest BCUT2D eigenvalue weighted by atomic mass is 10.1. The first-order chi connectivity index (χ1) is 10.7. The average molecular weight is 336 g/mol. The lowest BCUT2D eigenvalue weighted by Crippen LogP contribution is -2.42. The molecule has 0 bridgehead atoms. The van der Waals surface area contributed by atoms with Crippen LogP contribution in [0.1, 0.15) is 30.8 Å². The summed E-state index contributed by atoms with van der Waals surface area (Å²) in [6.07, 6.45) is 1.72. The van der Waals surface area contributed by atoms with Gasteiger partial charge in [-0.3, -0.25) is 0 Å². The minimum atomic E-state index is -1.32. The molecule has 0 saturated carbocycles. The maximum Gasteiger partial charge on any atom is 0.350 e. The first-order valence-corrected chi connectivity index (χ1v) is 7.26. The molecule has 0 N–H and O–H groups in total. The van der Waals surface area contributed by atoms with E-state index in [1.807, 2.05) is 13.8 Å². The standard InChI is InChI=1S/C15H14ClN3O4/c1-7-5-9(18-19-6-8(2)17-12(7)19)11(16)10-13(20)22-15(3,4)23-14(10)21/h5-6H,1-4H3. The molecule has 120 valence electrons. The van der Waals surface area contributed by atoms with Crippen LogP contribution < -0.4 is 0 Å². The number of nitrogens with zero attached hydrogens (tertiary/aromatic N) is 3. The van der Waals surface area contributed by atoms with Gasteiger partial charge in [-0.2, -0.15) is 5.10 Å². The van der Waals surface area contributed by atoms with Gasteiger partial charge in [-0.15, -0.1) is 0 Å². The Kier molecular flexibility index (Phi) is 3.40. The molecule has 3 rings (SSSR count). The number of ether oxygens (including phenoxy) is 2. The number of aryl methyl sites for hydroxylation is 2. The van der Waals surface area contributed by atoms with Crippen LogP contribution in [0.2, 0.25) is 0 Å². The molecule has 2 aromatic rings. The summed E-state index contributed by atoms with van der Waals surface area (Å²) < 4.78 is 11.6. The predicted molar refractivity (Wildman–Crippen MR) is 81.5 cm³/mol. The normalized spacial score (nSPS) is 17.2. The molecule has 0 unspecified atom stereocenters. The third-order valence-corrected chi connectivity index (χ3v) is 3.64. The van der Waals surface area contributed by atoms with Crippen LogP contribution >= 0.6 is 11.6 Å². The van der Waals surface area contributed by atoms with E-state index in [2.05, 4.69) is 10.1 Å². The van der Waals surface area contributed by atoms with E-state index in [9.17, 15) is 9.59 Å². The van der Waals surface area contributed by atoms with Crippen LogP contribution in [0.5, 0.6) is 0 Å². The topological polar surface area (TPSA) is 82.8 Å². The Morgan fingerprint density at radius 2 is 1.83 bits per heavy atom. The fourth-order valence-corrected chi connectivity index (χ4v) is 2.56. The molecule has 0 spiro atoms. The van der Waals surface area contributed by atoms with Gasteiger partial charge in [0.1, 0.15) is 5.69 Å².